The number of piperidine rings is 2. The first-order chi connectivity index (χ1) is 15.5. The topological polar surface area (TPSA) is 61.4 Å². The van der Waals surface area contributed by atoms with Crippen LogP contribution in [0.1, 0.15) is 31.2 Å². The summed E-state index contributed by atoms with van der Waals surface area (Å²) < 4.78 is 40.6. The number of carbonyl (C=O) groups is 1. The minimum absolute atomic E-state index is 0.0545. The molecule has 2 aliphatic heterocycles. The van der Waals surface area contributed by atoms with Crippen LogP contribution in [0.5, 0.6) is 0 Å². The van der Waals surface area contributed by atoms with Crippen LogP contribution >= 0.6 is 0 Å². The second kappa shape index (κ2) is 10.3. The maximum atomic E-state index is 13.8. The van der Waals surface area contributed by atoms with Crippen LogP contribution in [0, 0.1) is 29.3 Å². The van der Waals surface area contributed by atoms with Crippen LogP contribution in [0.25, 0.3) is 0 Å². The van der Waals surface area contributed by atoms with Crippen LogP contribution in [0.4, 0.5) is 18.9 Å². The van der Waals surface area contributed by atoms with E-state index in [9.17, 15) is 18.0 Å². The molecule has 0 unspecified atom stereocenters. The highest BCUT2D eigenvalue weighted by molar-refractivity contribution is 5.79. The summed E-state index contributed by atoms with van der Waals surface area (Å²) in [6, 6.07) is 3.31. The SMILES string of the molecule is O=C(C1CCN(Cc2ccnnc2)CC1)N1CCC(CNc2c(F)cc(F)cc2F)CC1. The lowest BCUT2D eigenvalue weighted by Crippen LogP contribution is -2.46. The fraction of sp³-hybridized carbons (Fsp3) is 0.522. The zero-order valence-corrected chi connectivity index (χ0v) is 17.9. The minimum Gasteiger partial charge on any atom is -0.380 e. The molecule has 2 aliphatic rings. The molecule has 0 aliphatic carbocycles. The quantitative estimate of drug-likeness (QED) is 0.735. The molecule has 0 bridgehead atoms. The van der Waals surface area contributed by atoms with Gasteiger partial charge in [0.1, 0.15) is 11.5 Å². The van der Waals surface area contributed by atoms with E-state index in [0.29, 0.717) is 31.8 Å². The van der Waals surface area contributed by atoms with E-state index in [4.69, 9.17) is 0 Å². The average molecular weight is 448 g/mol. The summed E-state index contributed by atoms with van der Waals surface area (Å²) in [5.41, 5.74) is 0.833. The Morgan fingerprint density at radius 1 is 1.00 bits per heavy atom. The van der Waals surface area contributed by atoms with Crippen molar-refractivity contribution in [1.82, 2.24) is 20.0 Å². The van der Waals surface area contributed by atoms with Crippen molar-refractivity contribution in [2.45, 2.75) is 32.2 Å². The molecule has 1 amide bonds. The third-order valence-corrected chi connectivity index (χ3v) is 6.49. The molecule has 0 saturated carbocycles. The molecule has 1 aromatic heterocycles. The predicted octanol–water partition coefficient (Wildman–Crippen LogP) is 3.46. The second-order valence-corrected chi connectivity index (χ2v) is 8.70. The van der Waals surface area contributed by atoms with Gasteiger partial charge in [-0.3, -0.25) is 9.69 Å². The number of likely N-dealkylation sites (tertiary alicyclic amines) is 2. The number of rotatable bonds is 6. The molecule has 32 heavy (non-hydrogen) atoms. The van der Waals surface area contributed by atoms with Gasteiger partial charge in [-0.15, -0.1) is 0 Å². The van der Waals surface area contributed by atoms with E-state index in [1.165, 1.54) is 0 Å². The molecule has 2 aromatic rings. The number of benzene rings is 1. The number of nitrogens with one attached hydrogen (secondary N) is 1. The van der Waals surface area contributed by atoms with Gasteiger partial charge in [-0.25, -0.2) is 13.2 Å². The molecule has 0 atom stereocenters. The standard InChI is InChI=1S/C23H28F3N5O/c24-19-11-20(25)22(21(26)12-19)27-13-16-2-9-31(10-3-16)23(32)18-4-7-30(8-5-18)15-17-1-6-28-29-14-17/h1,6,11-12,14,16,18,27H,2-5,7-10,13,15H2. The normalized spacial score (nSPS) is 18.7. The molecule has 1 N–H and O–H groups in total. The summed E-state index contributed by atoms with van der Waals surface area (Å²) >= 11 is 0. The Morgan fingerprint density at radius 2 is 1.69 bits per heavy atom. The van der Waals surface area contributed by atoms with Gasteiger partial charge in [-0.05, 0) is 56.3 Å². The lowest BCUT2D eigenvalue weighted by Gasteiger charge is -2.37. The molecule has 6 nitrogen and oxygen atoms in total. The first kappa shape index (κ1) is 22.5. The largest absolute Gasteiger partial charge is 0.380 e. The maximum absolute atomic E-state index is 13.8. The fourth-order valence-electron chi connectivity index (χ4n) is 4.58. The lowest BCUT2D eigenvalue weighted by molar-refractivity contribution is -0.138. The number of halogens is 3. The highest BCUT2D eigenvalue weighted by atomic mass is 19.1. The van der Waals surface area contributed by atoms with Crippen molar-refractivity contribution in [2.75, 3.05) is 38.0 Å². The monoisotopic (exact) mass is 447 g/mol. The molecular weight excluding hydrogens is 419 g/mol. The Balaban J connectivity index is 1.20. The van der Waals surface area contributed by atoms with Crippen LogP contribution in [0.2, 0.25) is 0 Å². The van der Waals surface area contributed by atoms with Crippen LogP contribution < -0.4 is 5.32 Å². The first-order valence-electron chi connectivity index (χ1n) is 11.1. The van der Waals surface area contributed by atoms with E-state index in [2.05, 4.69) is 20.4 Å². The summed E-state index contributed by atoms with van der Waals surface area (Å²) in [5, 5.41) is 10.5. The van der Waals surface area contributed by atoms with Crippen LogP contribution in [0.3, 0.4) is 0 Å². The van der Waals surface area contributed by atoms with Gasteiger partial charge in [0.2, 0.25) is 5.91 Å². The fourth-order valence-corrected chi connectivity index (χ4v) is 4.58. The summed E-state index contributed by atoms with van der Waals surface area (Å²) in [6.45, 7) is 4.29. The van der Waals surface area contributed by atoms with Crippen LogP contribution in [0.15, 0.2) is 30.6 Å². The zero-order valence-electron chi connectivity index (χ0n) is 17.9. The van der Waals surface area contributed by atoms with E-state index >= 15 is 0 Å². The molecule has 172 valence electrons. The molecule has 4 rings (SSSR count). The number of carbonyl (C=O) groups excluding carboxylic acids is 1. The van der Waals surface area contributed by atoms with Crippen molar-refractivity contribution in [3.8, 4) is 0 Å². The summed E-state index contributed by atoms with van der Waals surface area (Å²) in [4.78, 5) is 17.2. The predicted molar refractivity (Wildman–Crippen MR) is 114 cm³/mol. The van der Waals surface area contributed by atoms with Gasteiger partial charge in [0.15, 0.2) is 11.6 Å². The molecule has 2 saturated heterocycles. The van der Waals surface area contributed by atoms with Crippen molar-refractivity contribution in [3.05, 3.63) is 53.6 Å². The molecule has 1 aromatic carbocycles. The molecule has 3 heterocycles. The lowest BCUT2D eigenvalue weighted by atomic mass is 9.92. The number of amides is 1. The van der Waals surface area contributed by atoms with Gasteiger partial charge < -0.3 is 10.2 Å². The number of hydrogen-bond donors (Lipinski definition) is 1. The number of nitrogens with zero attached hydrogens (tertiary/aromatic N) is 4. The smallest absolute Gasteiger partial charge is 0.225 e. The highest BCUT2D eigenvalue weighted by Crippen LogP contribution is 2.26. The van der Waals surface area contributed by atoms with Gasteiger partial charge in [0.05, 0.1) is 6.20 Å². The molecular formula is C23H28F3N5O. The Kier molecular flexibility index (Phi) is 7.24. The first-order valence-corrected chi connectivity index (χ1v) is 11.1. The van der Waals surface area contributed by atoms with Crippen LogP contribution in [-0.2, 0) is 11.3 Å². The van der Waals surface area contributed by atoms with E-state index < -0.39 is 17.5 Å². The number of aromatic nitrogens is 2. The number of anilines is 1. The highest BCUT2D eigenvalue weighted by Gasteiger charge is 2.31. The molecule has 2 fully saturated rings. The Bertz CT molecular complexity index is 890. The third kappa shape index (κ3) is 5.56. The average Bonchev–Trinajstić information content (AvgIpc) is 2.79. The van der Waals surface area contributed by atoms with Gasteiger partial charge in [0, 0.05) is 50.4 Å². The van der Waals surface area contributed by atoms with Crippen molar-refractivity contribution in [1.29, 1.82) is 0 Å². The second-order valence-electron chi connectivity index (χ2n) is 8.70. The van der Waals surface area contributed by atoms with Gasteiger partial charge in [0.25, 0.3) is 0 Å². The number of hydrogen-bond acceptors (Lipinski definition) is 5. The van der Waals surface area contributed by atoms with E-state index in [-0.39, 0.29) is 23.4 Å². The Hall–Kier alpha value is -2.68. The minimum atomic E-state index is -0.933. The van der Waals surface area contributed by atoms with Gasteiger partial charge in [-0.1, -0.05) is 0 Å². The van der Waals surface area contributed by atoms with Crippen molar-refractivity contribution < 1.29 is 18.0 Å². The molecule has 0 spiro atoms. The summed E-state index contributed by atoms with van der Waals surface area (Å²) in [7, 11) is 0. The van der Waals surface area contributed by atoms with Crippen LogP contribution in [-0.4, -0.2) is 58.6 Å². The van der Waals surface area contributed by atoms with E-state index in [1.807, 2.05) is 11.0 Å². The molecule has 0 radical (unpaired) electrons. The van der Waals surface area contributed by atoms with E-state index in [1.54, 1.807) is 12.4 Å². The van der Waals surface area contributed by atoms with E-state index in [0.717, 1.165) is 50.9 Å². The van der Waals surface area contributed by atoms with Gasteiger partial charge >= 0.3 is 0 Å². The molecule has 9 heteroatoms. The Morgan fingerprint density at radius 3 is 2.31 bits per heavy atom. The van der Waals surface area contributed by atoms with Gasteiger partial charge in [-0.2, -0.15) is 10.2 Å². The summed E-state index contributed by atoms with van der Waals surface area (Å²) in [6.07, 6.45) is 6.71. The summed E-state index contributed by atoms with van der Waals surface area (Å²) in [5.74, 6) is -2.31. The van der Waals surface area contributed by atoms with Crippen molar-refractivity contribution in [3.63, 3.8) is 0 Å². The maximum Gasteiger partial charge on any atom is 0.225 e. The van der Waals surface area contributed by atoms with Crippen molar-refractivity contribution in [2.24, 2.45) is 11.8 Å². The zero-order chi connectivity index (χ0) is 22.5. The third-order valence-electron chi connectivity index (χ3n) is 6.49. The Labute approximate surface area is 185 Å². The van der Waals surface area contributed by atoms with Crippen molar-refractivity contribution >= 4 is 11.6 Å².